The number of aromatic nitrogens is 2. The van der Waals surface area contributed by atoms with Crippen LogP contribution in [-0.2, 0) is 29.7 Å². The summed E-state index contributed by atoms with van der Waals surface area (Å²) in [4.78, 5) is 21.1. The molecule has 7 heteroatoms. The van der Waals surface area contributed by atoms with Gasteiger partial charge in [-0.15, -0.1) is 11.3 Å². The van der Waals surface area contributed by atoms with Gasteiger partial charge in [0, 0.05) is 44.3 Å². The summed E-state index contributed by atoms with van der Waals surface area (Å²) in [5.74, 6) is -0.0749. The fourth-order valence-electron chi connectivity index (χ4n) is 3.88. The van der Waals surface area contributed by atoms with Crippen molar-refractivity contribution in [3.63, 3.8) is 0 Å². The molecule has 6 nitrogen and oxygen atoms in total. The van der Waals surface area contributed by atoms with Crippen LogP contribution in [0, 0.1) is 0 Å². The van der Waals surface area contributed by atoms with E-state index in [-0.39, 0.29) is 11.8 Å². The number of nitrogens with zero attached hydrogens (tertiary/aromatic N) is 3. The average molecular weight is 360 g/mol. The topological polar surface area (TPSA) is 59.4 Å². The second-order valence-electron chi connectivity index (χ2n) is 6.81. The quantitative estimate of drug-likeness (QED) is 0.904. The molecular weight excluding hydrogens is 336 g/mol. The number of ether oxygens (including phenoxy) is 1. The first-order valence-electron chi connectivity index (χ1n) is 8.84. The molecule has 2 aliphatic heterocycles. The van der Waals surface area contributed by atoms with E-state index < -0.39 is 0 Å². The van der Waals surface area contributed by atoms with Crippen LogP contribution in [0.3, 0.4) is 0 Å². The van der Waals surface area contributed by atoms with Gasteiger partial charge in [0.25, 0.3) is 0 Å². The molecule has 2 aromatic heterocycles. The van der Waals surface area contributed by atoms with Crippen LogP contribution in [0.4, 0.5) is 0 Å². The van der Waals surface area contributed by atoms with Crippen LogP contribution < -0.4 is 5.32 Å². The van der Waals surface area contributed by atoms with Crippen molar-refractivity contribution in [3.05, 3.63) is 40.1 Å². The van der Waals surface area contributed by atoms with E-state index in [0.29, 0.717) is 12.6 Å². The molecule has 1 saturated heterocycles. The summed E-state index contributed by atoms with van der Waals surface area (Å²) in [5, 5.41) is 5.15. The second-order valence-corrected chi connectivity index (χ2v) is 7.84. The molecule has 0 aromatic carbocycles. The van der Waals surface area contributed by atoms with Crippen LogP contribution in [0.2, 0.25) is 0 Å². The van der Waals surface area contributed by atoms with Gasteiger partial charge in [0.2, 0.25) is 5.91 Å². The van der Waals surface area contributed by atoms with Crippen LogP contribution in [-0.4, -0.2) is 46.2 Å². The predicted octanol–water partition coefficient (Wildman–Crippen LogP) is 1.88. The minimum atomic E-state index is -0.168. The van der Waals surface area contributed by atoms with Crippen LogP contribution in [0.5, 0.6) is 0 Å². The van der Waals surface area contributed by atoms with Crippen LogP contribution in [0.15, 0.2) is 23.8 Å². The lowest BCUT2D eigenvalue weighted by Gasteiger charge is -2.39. The zero-order valence-electron chi connectivity index (χ0n) is 14.5. The standard InChI is InChI=1S/C18H24N4O2S/c1-21-12-20-16-11-22(13-4-6-24-7-5-13)10-15(17(16)21)18(23)19-9-14-3-2-8-25-14/h2-3,8,12-13,15H,4-7,9-11H2,1H3,(H,19,23)/t15-/m1/s1. The SMILES string of the molecule is Cn1cnc2c1[C@H](C(=O)NCc1cccs1)CN(C1CCOCC1)C2. The largest absolute Gasteiger partial charge is 0.381 e. The Morgan fingerprint density at radius 2 is 2.28 bits per heavy atom. The molecule has 2 aliphatic rings. The fraction of sp³-hybridized carbons (Fsp3) is 0.556. The molecule has 1 fully saturated rings. The summed E-state index contributed by atoms with van der Waals surface area (Å²) in [6, 6.07) is 4.55. The number of thiophene rings is 1. The van der Waals surface area contributed by atoms with Crippen LogP contribution in [0.25, 0.3) is 0 Å². The number of rotatable bonds is 4. The average Bonchev–Trinajstić information content (AvgIpc) is 3.30. The van der Waals surface area contributed by atoms with Crippen LogP contribution >= 0.6 is 11.3 Å². The molecule has 1 amide bonds. The number of aryl methyl sites for hydroxylation is 1. The van der Waals surface area contributed by atoms with Gasteiger partial charge in [0.05, 0.1) is 30.2 Å². The van der Waals surface area contributed by atoms with Crippen molar-refractivity contribution in [1.82, 2.24) is 19.8 Å². The number of nitrogens with one attached hydrogen (secondary N) is 1. The summed E-state index contributed by atoms with van der Waals surface area (Å²) >= 11 is 1.67. The Balaban J connectivity index is 1.51. The summed E-state index contributed by atoms with van der Waals surface area (Å²) in [7, 11) is 1.98. The highest BCUT2D eigenvalue weighted by Crippen LogP contribution is 2.31. The first kappa shape index (κ1) is 16.8. The summed E-state index contributed by atoms with van der Waals surface area (Å²) in [5.41, 5.74) is 2.10. The van der Waals surface area contributed by atoms with Crippen molar-refractivity contribution in [3.8, 4) is 0 Å². The Kier molecular flexibility index (Phi) is 4.87. The summed E-state index contributed by atoms with van der Waals surface area (Å²) in [6.45, 7) is 3.80. The van der Waals surface area contributed by atoms with Gasteiger partial charge in [0.15, 0.2) is 0 Å². The van der Waals surface area contributed by atoms with Gasteiger partial charge in [-0.25, -0.2) is 4.98 Å². The lowest BCUT2D eigenvalue weighted by Crippen LogP contribution is -2.47. The van der Waals surface area contributed by atoms with E-state index >= 15 is 0 Å². The Morgan fingerprint density at radius 1 is 1.44 bits per heavy atom. The number of hydrogen-bond acceptors (Lipinski definition) is 5. The molecule has 2 aromatic rings. The third kappa shape index (κ3) is 3.49. The molecule has 1 atom stereocenters. The Hall–Kier alpha value is -1.70. The van der Waals surface area contributed by atoms with E-state index in [1.165, 1.54) is 4.88 Å². The molecule has 25 heavy (non-hydrogen) atoms. The zero-order valence-corrected chi connectivity index (χ0v) is 15.3. The smallest absolute Gasteiger partial charge is 0.230 e. The van der Waals surface area contributed by atoms with Gasteiger partial charge in [-0.05, 0) is 24.3 Å². The van der Waals surface area contributed by atoms with Gasteiger partial charge >= 0.3 is 0 Å². The highest BCUT2D eigenvalue weighted by atomic mass is 32.1. The van der Waals surface area contributed by atoms with Gasteiger partial charge in [-0.1, -0.05) is 6.07 Å². The molecule has 1 N–H and O–H groups in total. The van der Waals surface area contributed by atoms with Gasteiger partial charge in [0.1, 0.15) is 0 Å². The number of carbonyl (C=O) groups excluding carboxylic acids is 1. The molecule has 4 heterocycles. The van der Waals surface area contributed by atoms with Crippen molar-refractivity contribution >= 4 is 17.2 Å². The molecule has 0 bridgehead atoms. The number of amides is 1. The monoisotopic (exact) mass is 360 g/mol. The lowest BCUT2D eigenvalue weighted by molar-refractivity contribution is -0.124. The summed E-state index contributed by atoms with van der Waals surface area (Å²) < 4.78 is 7.50. The normalized spacial score (nSPS) is 21.9. The van der Waals surface area contributed by atoms with E-state index in [9.17, 15) is 4.79 Å². The van der Waals surface area contributed by atoms with Crippen molar-refractivity contribution in [2.75, 3.05) is 19.8 Å². The highest BCUT2D eigenvalue weighted by Gasteiger charge is 2.36. The maximum atomic E-state index is 12.9. The first-order valence-corrected chi connectivity index (χ1v) is 9.72. The number of hydrogen-bond donors (Lipinski definition) is 1. The van der Waals surface area contributed by atoms with Crippen molar-refractivity contribution in [1.29, 1.82) is 0 Å². The van der Waals surface area contributed by atoms with Gasteiger partial charge in [-0.3, -0.25) is 9.69 Å². The minimum absolute atomic E-state index is 0.0926. The van der Waals surface area contributed by atoms with Crippen molar-refractivity contribution < 1.29 is 9.53 Å². The molecule has 0 saturated carbocycles. The van der Waals surface area contributed by atoms with Crippen molar-refractivity contribution in [2.24, 2.45) is 7.05 Å². The number of imidazole rings is 1. The van der Waals surface area contributed by atoms with E-state index in [0.717, 1.165) is 50.5 Å². The maximum Gasteiger partial charge on any atom is 0.230 e. The predicted molar refractivity (Wildman–Crippen MR) is 96.4 cm³/mol. The van der Waals surface area contributed by atoms with Crippen molar-refractivity contribution in [2.45, 2.75) is 37.9 Å². The third-order valence-corrected chi connectivity index (χ3v) is 6.08. The lowest BCUT2D eigenvalue weighted by atomic mass is 9.94. The van der Waals surface area contributed by atoms with Gasteiger partial charge in [-0.2, -0.15) is 0 Å². The third-order valence-electron chi connectivity index (χ3n) is 5.20. The minimum Gasteiger partial charge on any atom is -0.381 e. The molecule has 0 aliphatic carbocycles. The molecule has 4 rings (SSSR count). The molecule has 134 valence electrons. The first-order chi connectivity index (χ1) is 12.2. The Labute approximate surface area is 151 Å². The van der Waals surface area contributed by atoms with E-state index in [1.54, 1.807) is 11.3 Å². The molecule has 0 radical (unpaired) electrons. The maximum absolute atomic E-state index is 12.9. The van der Waals surface area contributed by atoms with E-state index in [1.807, 2.05) is 29.4 Å². The number of fused-ring (bicyclic) bond motifs is 1. The zero-order chi connectivity index (χ0) is 17.2. The fourth-order valence-corrected chi connectivity index (χ4v) is 4.53. The van der Waals surface area contributed by atoms with E-state index in [4.69, 9.17) is 4.74 Å². The molecule has 0 spiro atoms. The van der Waals surface area contributed by atoms with Crippen LogP contribution in [0.1, 0.15) is 35.0 Å². The van der Waals surface area contributed by atoms with Gasteiger partial charge < -0.3 is 14.6 Å². The molecule has 0 unspecified atom stereocenters. The molecular formula is C18H24N4O2S. The highest BCUT2D eigenvalue weighted by molar-refractivity contribution is 7.09. The number of carbonyl (C=O) groups is 1. The Morgan fingerprint density at radius 3 is 3.04 bits per heavy atom. The Bertz CT molecular complexity index is 722. The van der Waals surface area contributed by atoms with E-state index in [2.05, 4.69) is 21.3 Å². The summed E-state index contributed by atoms with van der Waals surface area (Å²) in [6.07, 6.45) is 3.90. The second kappa shape index (κ2) is 7.27.